The predicted octanol–water partition coefficient (Wildman–Crippen LogP) is 2.09. The van der Waals surface area contributed by atoms with Crippen LogP contribution in [0.5, 0.6) is 0 Å². The van der Waals surface area contributed by atoms with Crippen LogP contribution in [0.2, 0.25) is 0 Å². The van der Waals surface area contributed by atoms with Crippen LogP contribution >= 0.6 is 0 Å². The monoisotopic (exact) mass is 332 g/mol. The first-order valence-electron chi connectivity index (χ1n) is 8.27. The number of likely N-dealkylation sites (N-methyl/N-ethyl adjacent to an activating group) is 1. The van der Waals surface area contributed by atoms with E-state index in [1.54, 1.807) is 17.1 Å². The average molecular weight is 332 g/mol. The molecule has 1 aromatic heterocycles. The molecule has 0 bridgehead atoms. The van der Waals surface area contributed by atoms with Gasteiger partial charge in [-0.3, -0.25) is 9.89 Å². The van der Waals surface area contributed by atoms with Gasteiger partial charge in [-0.1, -0.05) is 36.4 Å². The lowest BCUT2D eigenvalue weighted by atomic mass is 10.2. The summed E-state index contributed by atoms with van der Waals surface area (Å²) in [4.78, 5) is 16.6. The van der Waals surface area contributed by atoms with E-state index in [2.05, 4.69) is 15.0 Å². The second kappa shape index (κ2) is 7.81. The molecule has 6 heteroatoms. The van der Waals surface area contributed by atoms with Crippen LogP contribution in [-0.2, 0) is 4.79 Å². The molecular weight excluding hydrogens is 311 g/mol. The fraction of sp³-hybridized carbons (Fsp3) is 0.158. The number of anilines is 1. The molecule has 0 aliphatic rings. The Morgan fingerprint density at radius 1 is 1.12 bits per heavy atom. The molecule has 0 radical (unpaired) electrons. The summed E-state index contributed by atoms with van der Waals surface area (Å²) in [5, 5.41) is 8.27. The van der Waals surface area contributed by atoms with Crippen molar-refractivity contribution in [3.63, 3.8) is 0 Å². The number of para-hydroxylation sites is 2. The average Bonchev–Trinajstić information content (AvgIpc) is 3.04. The number of nitrogens with one attached hydrogen (secondary N) is 1. The zero-order chi connectivity index (χ0) is 17.6. The number of hydrogen-bond donors (Lipinski definition) is 1. The van der Waals surface area contributed by atoms with E-state index in [1.807, 2.05) is 69.6 Å². The van der Waals surface area contributed by atoms with Gasteiger partial charge in [0.15, 0.2) is 7.98 Å². The minimum Gasteiger partial charge on any atom is -0.350 e. The number of aromatic amines is 1. The minimum atomic E-state index is -0.0554. The molecule has 2 aromatic carbocycles. The Labute approximate surface area is 148 Å². The van der Waals surface area contributed by atoms with E-state index in [0.717, 1.165) is 28.8 Å². The maximum atomic E-state index is 12.8. The lowest BCUT2D eigenvalue weighted by Crippen LogP contribution is -2.36. The minimum absolute atomic E-state index is 0.0554. The number of hydrogen-bond acceptors (Lipinski definition) is 3. The molecule has 1 N–H and O–H groups in total. The second-order valence-electron chi connectivity index (χ2n) is 6.12. The van der Waals surface area contributed by atoms with E-state index in [0.29, 0.717) is 6.54 Å². The quantitative estimate of drug-likeness (QED) is 0.555. The molecule has 0 fully saturated rings. The lowest BCUT2D eigenvalue weighted by molar-refractivity contribution is -0.114. The van der Waals surface area contributed by atoms with Crippen molar-refractivity contribution < 1.29 is 4.79 Å². The van der Waals surface area contributed by atoms with Crippen molar-refractivity contribution in [2.45, 2.75) is 0 Å². The number of rotatable bonds is 6. The zero-order valence-corrected chi connectivity index (χ0v) is 14.5. The van der Waals surface area contributed by atoms with Crippen molar-refractivity contribution >= 4 is 36.6 Å². The summed E-state index contributed by atoms with van der Waals surface area (Å²) in [6.45, 7) is 1.42. The van der Waals surface area contributed by atoms with Crippen LogP contribution < -0.4 is 4.90 Å². The molecular formula is C19H21BN4O. The van der Waals surface area contributed by atoms with E-state index in [9.17, 15) is 4.79 Å². The van der Waals surface area contributed by atoms with Crippen molar-refractivity contribution in [2.24, 2.45) is 0 Å². The highest BCUT2D eigenvalue weighted by Gasteiger charge is 2.13. The van der Waals surface area contributed by atoms with Gasteiger partial charge in [0.1, 0.15) is 0 Å². The summed E-state index contributed by atoms with van der Waals surface area (Å²) in [5.74, 6) is -0.0554. The number of amides is 1. The number of nitrogens with zero attached hydrogens (tertiary/aromatic N) is 3. The molecule has 25 heavy (non-hydrogen) atoms. The lowest BCUT2D eigenvalue weighted by Gasteiger charge is -2.23. The molecule has 0 saturated heterocycles. The highest BCUT2D eigenvalue weighted by Crippen LogP contribution is 2.17. The van der Waals surface area contributed by atoms with Crippen LogP contribution in [0.4, 0.5) is 5.69 Å². The summed E-state index contributed by atoms with van der Waals surface area (Å²) < 4.78 is 0. The van der Waals surface area contributed by atoms with Gasteiger partial charge >= 0.3 is 0 Å². The highest BCUT2D eigenvalue weighted by atomic mass is 16.2. The number of carbonyl (C=O) groups excluding carboxylic acids is 1. The fourth-order valence-electron chi connectivity index (χ4n) is 2.63. The topological polar surface area (TPSA) is 52.2 Å². The Hall–Kier alpha value is -2.86. The van der Waals surface area contributed by atoms with Crippen LogP contribution in [0, 0.1) is 0 Å². The van der Waals surface area contributed by atoms with Gasteiger partial charge in [-0.25, -0.2) is 0 Å². The Bertz CT molecular complexity index is 873. The molecule has 5 nitrogen and oxygen atoms in total. The van der Waals surface area contributed by atoms with Crippen LogP contribution in [-0.4, -0.2) is 49.0 Å². The SMILES string of the molecule is BN(C)CCN(C(=O)/C=C/c1n[nH]c2ccccc12)c1ccccc1. The Morgan fingerprint density at radius 2 is 1.84 bits per heavy atom. The first kappa shape index (κ1) is 17.0. The first-order valence-corrected chi connectivity index (χ1v) is 8.27. The first-order chi connectivity index (χ1) is 12.1. The van der Waals surface area contributed by atoms with Crippen LogP contribution in [0.15, 0.2) is 60.7 Å². The predicted molar refractivity (Wildman–Crippen MR) is 105 cm³/mol. The molecule has 0 aliphatic heterocycles. The van der Waals surface area contributed by atoms with Gasteiger partial charge < -0.3 is 9.71 Å². The Balaban J connectivity index is 1.82. The Morgan fingerprint density at radius 3 is 2.60 bits per heavy atom. The molecule has 1 heterocycles. The molecule has 3 aromatic rings. The summed E-state index contributed by atoms with van der Waals surface area (Å²) in [6, 6.07) is 17.6. The Kier molecular flexibility index (Phi) is 5.31. The van der Waals surface area contributed by atoms with Crippen molar-refractivity contribution in [1.82, 2.24) is 15.0 Å². The largest absolute Gasteiger partial charge is 0.350 e. The highest BCUT2D eigenvalue weighted by molar-refractivity contribution is 6.05. The molecule has 3 rings (SSSR count). The standard InChI is InChI=1S/C19H21BN4O/c1-23(20)13-14-24(15-7-3-2-4-8-15)19(25)12-11-18-16-9-5-6-10-17(16)21-22-18/h2-12H,13-14,20H2,1H3,(H,21,22)/b12-11+. The summed E-state index contributed by atoms with van der Waals surface area (Å²) >= 11 is 0. The molecule has 0 spiro atoms. The van der Waals surface area contributed by atoms with Crippen LogP contribution in [0.3, 0.4) is 0 Å². The molecule has 0 aliphatic carbocycles. The van der Waals surface area contributed by atoms with Gasteiger partial charge in [0.05, 0.1) is 11.2 Å². The van der Waals surface area contributed by atoms with Gasteiger partial charge in [0.25, 0.3) is 5.91 Å². The third kappa shape index (κ3) is 4.16. The number of benzene rings is 2. The second-order valence-corrected chi connectivity index (χ2v) is 6.12. The summed E-state index contributed by atoms with van der Waals surface area (Å²) in [7, 11) is 4.00. The van der Waals surface area contributed by atoms with Crippen molar-refractivity contribution in [1.29, 1.82) is 0 Å². The van der Waals surface area contributed by atoms with Gasteiger partial charge in [-0.2, -0.15) is 5.10 Å². The molecule has 0 atom stereocenters. The van der Waals surface area contributed by atoms with Gasteiger partial charge in [-0.05, 0) is 31.3 Å². The van der Waals surface area contributed by atoms with Gasteiger partial charge in [-0.15, -0.1) is 0 Å². The fourth-order valence-corrected chi connectivity index (χ4v) is 2.63. The zero-order valence-electron chi connectivity index (χ0n) is 14.5. The van der Waals surface area contributed by atoms with Gasteiger partial charge in [0, 0.05) is 30.2 Å². The number of aromatic nitrogens is 2. The van der Waals surface area contributed by atoms with Crippen molar-refractivity contribution in [3.8, 4) is 0 Å². The number of carbonyl (C=O) groups is 1. The third-order valence-electron chi connectivity index (χ3n) is 3.99. The van der Waals surface area contributed by atoms with E-state index in [-0.39, 0.29) is 5.91 Å². The maximum absolute atomic E-state index is 12.8. The van der Waals surface area contributed by atoms with E-state index < -0.39 is 0 Å². The van der Waals surface area contributed by atoms with Crippen LogP contribution in [0.1, 0.15) is 5.69 Å². The van der Waals surface area contributed by atoms with Crippen molar-refractivity contribution in [3.05, 3.63) is 66.4 Å². The molecule has 1 amide bonds. The third-order valence-corrected chi connectivity index (χ3v) is 3.99. The number of H-pyrrole nitrogens is 1. The molecule has 0 saturated carbocycles. The van der Waals surface area contributed by atoms with E-state index >= 15 is 0 Å². The number of fused-ring (bicyclic) bond motifs is 1. The van der Waals surface area contributed by atoms with Crippen LogP contribution in [0.25, 0.3) is 17.0 Å². The van der Waals surface area contributed by atoms with E-state index in [4.69, 9.17) is 0 Å². The summed E-state index contributed by atoms with van der Waals surface area (Å²) in [5.41, 5.74) is 2.62. The van der Waals surface area contributed by atoms with E-state index in [1.165, 1.54) is 0 Å². The molecule has 126 valence electrons. The maximum Gasteiger partial charge on any atom is 0.251 e. The summed E-state index contributed by atoms with van der Waals surface area (Å²) in [6.07, 6.45) is 3.36. The van der Waals surface area contributed by atoms with Gasteiger partial charge in [0.2, 0.25) is 0 Å². The molecule has 0 unspecified atom stereocenters. The normalized spacial score (nSPS) is 11.4. The van der Waals surface area contributed by atoms with Crippen molar-refractivity contribution in [2.75, 3.05) is 25.0 Å². The smallest absolute Gasteiger partial charge is 0.251 e.